The van der Waals surface area contributed by atoms with Gasteiger partial charge in [0.15, 0.2) is 5.13 Å². The van der Waals surface area contributed by atoms with E-state index < -0.39 is 5.97 Å². The number of benzene rings is 1. The van der Waals surface area contributed by atoms with E-state index in [4.69, 9.17) is 9.15 Å². The Hall–Kier alpha value is -2.93. The fraction of sp³-hybridized carbons (Fsp3) is 0.318. The van der Waals surface area contributed by atoms with Crippen LogP contribution >= 0.6 is 11.3 Å². The number of hydrogen-bond acceptors (Lipinski definition) is 6. The van der Waals surface area contributed by atoms with E-state index in [2.05, 4.69) is 4.98 Å². The highest BCUT2D eigenvalue weighted by Crippen LogP contribution is 2.32. The van der Waals surface area contributed by atoms with Crippen LogP contribution in [-0.4, -0.2) is 16.9 Å². The molecule has 1 aromatic carbocycles. The molecule has 0 atom stereocenters. The normalized spacial score (nSPS) is 10.8. The molecule has 2 heterocycles. The van der Waals surface area contributed by atoms with Crippen LogP contribution in [0.5, 0.6) is 0 Å². The van der Waals surface area contributed by atoms with Gasteiger partial charge in [-0.15, -0.1) is 11.3 Å². The van der Waals surface area contributed by atoms with Crippen molar-refractivity contribution in [1.29, 1.82) is 0 Å². The minimum absolute atomic E-state index is 0.0274. The highest BCUT2D eigenvalue weighted by atomic mass is 32.1. The Bertz CT molecular complexity index is 1050. The van der Waals surface area contributed by atoms with Crippen molar-refractivity contribution in [3.63, 3.8) is 0 Å². The molecule has 0 bridgehead atoms. The van der Waals surface area contributed by atoms with Gasteiger partial charge in [-0.1, -0.05) is 25.1 Å². The highest BCUT2D eigenvalue weighted by molar-refractivity contribution is 7.14. The van der Waals surface area contributed by atoms with Gasteiger partial charge in [-0.3, -0.25) is 9.69 Å². The van der Waals surface area contributed by atoms with Crippen LogP contribution in [0.1, 0.15) is 52.5 Å². The van der Waals surface area contributed by atoms with Crippen LogP contribution < -0.4 is 4.90 Å². The Labute approximate surface area is 174 Å². The largest absolute Gasteiger partial charge is 0.465 e. The van der Waals surface area contributed by atoms with Crippen LogP contribution in [0.4, 0.5) is 10.8 Å². The topological polar surface area (TPSA) is 72.6 Å². The first kappa shape index (κ1) is 20.8. The molecule has 3 aromatic rings. The number of carbonyl (C=O) groups is 2. The van der Waals surface area contributed by atoms with Gasteiger partial charge < -0.3 is 9.15 Å². The highest BCUT2D eigenvalue weighted by Gasteiger charge is 2.22. The lowest BCUT2D eigenvalue weighted by Gasteiger charge is -2.20. The van der Waals surface area contributed by atoms with E-state index in [1.165, 1.54) is 18.3 Å². The predicted molar refractivity (Wildman–Crippen MR) is 113 cm³/mol. The number of carbonyl (C=O) groups excluding carboxylic acids is 2. The maximum Gasteiger partial charge on any atom is 0.342 e. The van der Waals surface area contributed by atoms with Gasteiger partial charge in [0.25, 0.3) is 0 Å². The van der Waals surface area contributed by atoms with Gasteiger partial charge in [-0.05, 0) is 38.8 Å². The van der Waals surface area contributed by atoms with Gasteiger partial charge in [0.2, 0.25) is 5.91 Å². The standard InChI is InChI=1S/C22H24N2O4S/c1-6-17-9-7-8-10-19(17)24(16(5)25)22-23-18(12-29-22)11-27-21(26)20-13(2)14(3)28-15(20)4/h7-10,12H,6,11H2,1-5H3. The summed E-state index contributed by atoms with van der Waals surface area (Å²) in [4.78, 5) is 30.9. The summed E-state index contributed by atoms with van der Waals surface area (Å²) in [6.45, 7) is 8.98. The molecule has 0 aliphatic heterocycles. The fourth-order valence-corrected chi connectivity index (χ4v) is 4.07. The second-order valence-corrected chi connectivity index (χ2v) is 7.59. The molecule has 2 aromatic heterocycles. The van der Waals surface area contributed by atoms with Crippen LogP contribution in [-0.2, 0) is 22.6 Å². The number of rotatable bonds is 6. The van der Waals surface area contributed by atoms with Crippen molar-refractivity contribution in [3.05, 3.63) is 63.6 Å². The van der Waals surface area contributed by atoms with Gasteiger partial charge in [0.05, 0.1) is 11.4 Å². The molecule has 0 unspecified atom stereocenters. The van der Waals surface area contributed by atoms with Crippen molar-refractivity contribution in [2.45, 2.75) is 47.6 Å². The number of anilines is 2. The summed E-state index contributed by atoms with van der Waals surface area (Å²) in [5.74, 6) is 0.690. The Morgan fingerprint density at radius 1 is 1.17 bits per heavy atom. The number of amides is 1. The van der Waals surface area contributed by atoms with E-state index in [1.807, 2.05) is 45.0 Å². The number of thiazole rings is 1. The molecule has 0 aliphatic rings. The van der Waals surface area contributed by atoms with Crippen LogP contribution in [0.2, 0.25) is 0 Å². The van der Waals surface area contributed by atoms with Crippen molar-refractivity contribution >= 4 is 34.0 Å². The predicted octanol–water partition coefficient (Wildman–Crippen LogP) is 5.27. The van der Waals surface area contributed by atoms with E-state index in [0.29, 0.717) is 27.9 Å². The molecular weight excluding hydrogens is 388 g/mol. The van der Waals surface area contributed by atoms with Crippen LogP contribution in [0.15, 0.2) is 34.1 Å². The first-order valence-corrected chi connectivity index (χ1v) is 10.3. The molecule has 7 heteroatoms. The zero-order valence-electron chi connectivity index (χ0n) is 17.2. The number of para-hydroxylation sites is 1. The summed E-state index contributed by atoms with van der Waals surface area (Å²) in [5.41, 5.74) is 3.72. The number of esters is 1. The minimum Gasteiger partial charge on any atom is -0.465 e. The molecule has 0 saturated heterocycles. The molecule has 152 valence electrons. The molecule has 6 nitrogen and oxygen atoms in total. The lowest BCUT2D eigenvalue weighted by atomic mass is 10.1. The number of ether oxygens (including phenoxy) is 1. The zero-order chi connectivity index (χ0) is 21.1. The third-order valence-electron chi connectivity index (χ3n) is 4.78. The van der Waals surface area contributed by atoms with E-state index in [-0.39, 0.29) is 12.5 Å². The third-order valence-corrected chi connectivity index (χ3v) is 5.65. The number of nitrogens with zero attached hydrogens (tertiary/aromatic N) is 2. The molecule has 0 N–H and O–H groups in total. The Kier molecular flexibility index (Phi) is 6.17. The second-order valence-electron chi connectivity index (χ2n) is 6.75. The first-order chi connectivity index (χ1) is 13.8. The monoisotopic (exact) mass is 412 g/mol. The smallest absolute Gasteiger partial charge is 0.342 e. The Morgan fingerprint density at radius 3 is 2.52 bits per heavy atom. The molecule has 0 fully saturated rings. The zero-order valence-corrected chi connectivity index (χ0v) is 18.1. The first-order valence-electron chi connectivity index (χ1n) is 9.40. The second kappa shape index (κ2) is 8.61. The average Bonchev–Trinajstić information content (AvgIpc) is 3.24. The van der Waals surface area contributed by atoms with Crippen LogP contribution in [0.3, 0.4) is 0 Å². The number of furan rings is 1. The summed E-state index contributed by atoms with van der Waals surface area (Å²) in [6.07, 6.45) is 0.804. The fourth-order valence-electron chi connectivity index (χ4n) is 3.21. The molecule has 29 heavy (non-hydrogen) atoms. The van der Waals surface area contributed by atoms with Crippen molar-refractivity contribution in [2.75, 3.05) is 4.90 Å². The lowest BCUT2D eigenvalue weighted by molar-refractivity contribution is -0.115. The van der Waals surface area contributed by atoms with Crippen molar-refractivity contribution in [2.24, 2.45) is 0 Å². The van der Waals surface area contributed by atoms with Gasteiger partial charge in [-0.2, -0.15) is 0 Å². The van der Waals surface area contributed by atoms with Gasteiger partial charge in [0.1, 0.15) is 23.7 Å². The molecule has 0 saturated carbocycles. The number of aromatic nitrogens is 1. The van der Waals surface area contributed by atoms with Crippen molar-refractivity contribution in [3.8, 4) is 0 Å². The van der Waals surface area contributed by atoms with Gasteiger partial charge >= 0.3 is 5.97 Å². The quantitative estimate of drug-likeness (QED) is 0.516. The SMILES string of the molecule is CCc1ccccc1N(C(C)=O)c1nc(COC(=O)c2c(C)oc(C)c2C)cs1. The van der Waals surface area contributed by atoms with Gasteiger partial charge in [-0.25, -0.2) is 9.78 Å². The van der Waals surface area contributed by atoms with Crippen LogP contribution in [0.25, 0.3) is 0 Å². The molecule has 0 aliphatic carbocycles. The van der Waals surface area contributed by atoms with Crippen LogP contribution in [0, 0.1) is 20.8 Å². The molecular formula is C22H24N2O4S. The number of aryl methyl sites for hydroxylation is 3. The summed E-state index contributed by atoms with van der Waals surface area (Å²) in [6, 6.07) is 7.76. The molecule has 1 amide bonds. The third kappa shape index (κ3) is 4.24. The maximum atomic E-state index is 12.5. The summed E-state index contributed by atoms with van der Waals surface area (Å²) < 4.78 is 10.9. The van der Waals surface area contributed by atoms with E-state index in [1.54, 1.807) is 17.2 Å². The summed E-state index contributed by atoms with van der Waals surface area (Å²) in [7, 11) is 0. The number of hydrogen-bond donors (Lipinski definition) is 0. The maximum absolute atomic E-state index is 12.5. The lowest BCUT2D eigenvalue weighted by Crippen LogP contribution is -2.23. The molecule has 0 radical (unpaired) electrons. The van der Waals surface area contributed by atoms with E-state index >= 15 is 0 Å². The average molecular weight is 413 g/mol. The Morgan fingerprint density at radius 2 is 1.90 bits per heavy atom. The van der Waals surface area contributed by atoms with E-state index in [9.17, 15) is 9.59 Å². The Balaban J connectivity index is 1.79. The van der Waals surface area contributed by atoms with Crippen molar-refractivity contribution < 1.29 is 18.7 Å². The van der Waals surface area contributed by atoms with Gasteiger partial charge in [0, 0.05) is 17.9 Å². The minimum atomic E-state index is -0.439. The summed E-state index contributed by atoms with van der Waals surface area (Å²) in [5, 5.41) is 2.35. The van der Waals surface area contributed by atoms with E-state index in [0.717, 1.165) is 23.2 Å². The van der Waals surface area contributed by atoms with Crippen molar-refractivity contribution in [1.82, 2.24) is 4.98 Å². The molecule has 0 spiro atoms. The summed E-state index contributed by atoms with van der Waals surface area (Å²) >= 11 is 1.34. The molecule has 3 rings (SSSR count).